The van der Waals surface area contributed by atoms with Crippen molar-refractivity contribution in [2.24, 2.45) is 0 Å². The lowest BCUT2D eigenvalue weighted by Crippen LogP contribution is -2.58. The van der Waals surface area contributed by atoms with E-state index >= 15 is 0 Å². The Balaban J connectivity index is 1.46. The van der Waals surface area contributed by atoms with Gasteiger partial charge in [-0.15, -0.1) is 11.3 Å². The predicted molar refractivity (Wildman–Crippen MR) is 125 cm³/mol. The zero-order chi connectivity index (χ0) is 23.9. The van der Waals surface area contributed by atoms with E-state index in [9.17, 15) is 13.9 Å². The summed E-state index contributed by atoms with van der Waals surface area (Å²) in [6, 6.07) is 11.1. The van der Waals surface area contributed by atoms with Crippen LogP contribution in [0.2, 0.25) is 0 Å². The monoisotopic (exact) mass is 482 g/mol. The van der Waals surface area contributed by atoms with Crippen LogP contribution in [0.3, 0.4) is 0 Å². The summed E-state index contributed by atoms with van der Waals surface area (Å²) in [5.41, 5.74) is 1.78. The van der Waals surface area contributed by atoms with Gasteiger partial charge in [0.15, 0.2) is 0 Å². The number of aromatic amines is 1. The van der Waals surface area contributed by atoms with E-state index in [-0.39, 0.29) is 12.1 Å². The standard InChI is InChI=1S/C25H25F2N5OS/c1-16-4-3-5-18(10-16)24-30-22-8-9-31(12-23(22)34-24)17(2)25(33,13-32-15-28-14-29-32)20-7-6-19(26)11-21(20)27/h3-7,10-11,14-15,17,33H,8-9,12-13H2,1-2H3/p+1/t17-,25-/m1/s1. The summed E-state index contributed by atoms with van der Waals surface area (Å²) in [4.78, 5) is 12.2. The molecule has 9 heteroatoms. The Morgan fingerprint density at radius 3 is 2.85 bits per heavy atom. The minimum absolute atomic E-state index is 0.0390. The van der Waals surface area contributed by atoms with Crippen molar-refractivity contribution in [2.45, 2.75) is 45.0 Å². The van der Waals surface area contributed by atoms with E-state index in [0.29, 0.717) is 13.1 Å². The SMILES string of the molecule is Cc1cccc(-c2nc3c(s2)CN([C@H](C)[C@](O)(C[n+]2cnc[nH]2)c2ccc(F)cc2F)CC3)c1. The average molecular weight is 483 g/mol. The minimum Gasteiger partial charge on any atom is -0.379 e. The fourth-order valence-electron chi connectivity index (χ4n) is 4.63. The molecule has 3 heterocycles. The van der Waals surface area contributed by atoms with Gasteiger partial charge < -0.3 is 5.11 Å². The number of thiazole rings is 1. The van der Waals surface area contributed by atoms with Crippen LogP contribution in [0.15, 0.2) is 55.1 Å². The molecule has 0 amide bonds. The smallest absolute Gasteiger partial charge is 0.306 e. The third-order valence-electron chi connectivity index (χ3n) is 6.58. The summed E-state index contributed by atoms with van der Waals surface area (Å²) < 4.78 is 30.1. The Bertz CT molecular complexity index is 1310. The van der Waals surface area contributed by atoms with Crippen LogP contribution in [0.25, 0.3) is 10.6 Å². The molecule has 0 saturated carbocycles. The molecule has 5 rings (SSSR count). The maximum atomic E-state index is 14.9. The Morgan fingerprint density at radius 1 is 1.26 bits per heavy atom. The summed E-state index contributed by atoms with van der Waals surface area (Å²) in [6.45, 7) is 5.25. The second-order valence-electron chi connectivity index (χ2n) is 8.85. The van der Waals surface area contributed by atoms with Gasteiger partial charge in [-0.2, -0.15) is 9.78 Å². The molecule has 34 heavy (non-hydrogen) atoms. The molecule has 2 N–H and O–H groups in total. The Kier molecular flexibility index (Phi) is 6.01. The van der Waals surface area contributed by atoms with Gasteiger partial charge in [-0.25, -0.2) is 13.8 Å². The molecule has 176 valence electrons. The Morgan fingerprint density at radius 2 is 2.12 bits per heavy atom. The van der Waals surface area contributed by atoms with Gasteiger partial charge in [0.05, 0.1) is 5.69 Å². The number of benzene rings is 2. The van der Waals surface area contributed by atoms with Crippen LogP contribution in [0.1, 0.15) is 28.6 Å². The number of aryl methyl sites for hydroxylation is 1. The van der Waals surface area contributed by atoms with Crippen LogP contribution in [-0.2, 0) is 25.1 Å². The molecule has 1 aliphatic rings. The molecule has 0 spiro atoms. The van der Waals surface area contributed by atoms with E-state index in [1.165, 1.54) is 30.4 Å². The van der Waals surface area contributed by atoms with Crippen molar-refractivity contribution >= 4 is 11.3 Å². The molecule has 0 fully saturated rings. The summed E-state index contributed by atoms with van der Waals surface area (Å²) in [5.74, 6) is -1.45. The predicted octanol–water partition coefficient (Wildman–Crippen LogP) is 3.74. The van der Waals surface area contributed by atoms with E-state index in [0.717, 1.165) is 33.6 Å². The van der Waals surface area contributed by atoms with Crippen LogP contribution in [0.5, 0.6) is 0 Å². The number of nitrogens with one attached hydrogen (secondary N) is 1. The molecule has 0 radical (unpaired) electrons. The van der Waals surface area contributed by atoms with Crippen molar-refractivity contribution < 1.29 is 18.6 Å². The Hall–Kier alpha value is -3.01. The third kappa shape index (κ3) is 4.26. The lowest BCUT2D eigenvalue weighted by Gasteiger charge is -2.41. The quantitative estimate of drug-likeness (QED) is 0.411. The fourth-order valence-corrected chi connectivity index (χ4v) is 5.76. The molecule has 6 nitrogen and oxygen atoms in total. The fraction of sp³-hybridized carbons (Fsp3) is 0.320. The molecular formula is C25H26F2N5OS+. The van der Waals surface area contributed by atoms with Crippen molar-refractivity contribution in [3.05, 3.63) is 88.5 Å². The first-order valence-electron chi connectivity index (χ1n) is 11.2. The second-order valence-corrected chi connectivity index (χ2v) is 9.94. The molecular weight excluding hydrogens is 456 g/mol. The van der Waals surface area contributed by atoms with Gasteiger partial charge in [-0.05, 0) is 31.0 Å². The van der Waals surface area contributed by atoms with Crippen molar-refractivity contribution in [3.8, 4) is 10.6 Å². The number of rotatable bonds is 6. The second kappa shape index (κ2) is 8.98. The first-order chi connectivity index (χ1) is 16.3. The highest BCUT2D eigenvalue weighted by Crippen LogP contribution is 2.37. The van der Waals surface area contributed by atoms with Gasteiger partial charge in [0, 0.05) is 47.6 Å². The summed E-state index contributed by atoms with van der Waals surface area (Å²) in [6.07, 6.45) is 3.76. The van der Waals surface area contributed by atoms with Crippen molar-refractivity contribution in [1.82, 2.24) is 20.0 Å². The summed E-state index contributed by atoms with van der Waals surface area (Å²) in [7, 11) is 0. The van der Waals surface area contributed by atoms with Crippen LogP contribution in [0.4, 0.5) is 8.78 Å². The van der Waals surface area contributed by atoms with Gasteiger partial charge in [0.1, 0.15) is 28.8 Å². The van der Waals surface area contributed by atoms with Crippen LogP contribution >= 0.6 is 11.3 Å². The largest absolute Gasteiger partial charge is 0.379 e. The normalized spacial score (nSPS) is 16.7. The highest BCUT2D eigenvalue weighted by Gasteiger charge is 2.44. The first kappa shape index (κ1) is 22.8. The number of H-pyrrole nitrogens is 1. The molecule has 0 aliphatic carbocycles. The van der Waals surface area contributed by atoms with E-state index < -0.39 is 23.3 Å². The molecule has 1 aliphatic heterocycles. The number of hydrogen-bond acceptors (Lipinski definition) is 5. The molecule has 4 aromatic rings. The van der Waals surface area contributed by atoms with Gasteiger partial charge in [0.25, 0.3) is 0 Å². The maximum absolute atomic E-state index is 14.9. The highest BCUT2D eigenvalue weighted by atomic mass is 32.1. The summed E-state index contributed by atoms with van der Waals surface area (Å²) >= 11 is 1.66. The molecule has 0 unspecified atom stereocenters. The molecule has 0 bridgehead atoms. The van der Waals surface area contributed by atoms with Crippen LogP contribution in [-0.4, -0.2) is 37.7 Å². The molecule has 2 aromatic heterocycles. The zero-order valence-electron chi connectivity index (χ0n) is 19.0. The van der Waals surface area contributed by atoms with Crippen molar-refractivity contribution in [3.63, 3.8) is 0 Å². The topological polar surface area (TPSA) is 68.9 Å². The average Bonchev–Trinajstić information content (AvgIpc) is 3.47. The minimum atomic E-state index is -1.63. The number of aromatic nitrogens is 4. The summed E-state index contributed by atoms with van der Waals surface area (Å²) in [5, 5.41) is 15.8. The highest BCUT2D eigenvalue weighted by molar-refractivity contribution is 7.15. The van der Waals surface area contributed by atoms with Crippen molar-refractivity contribution in [2.75, 3.05) is 6.54 Å². The number of nitrogens with zero attached hydrogens (tertiary/aromatic N) is 4. The molecule has 0 saturated heterocycles. The van der Waals surface area contributed by atoms with E-state index in [2.05, 4.69) is 40.1 Å². The Labute approximate surface area is 200 Å². The number of halogens is 2. The number of hydrogen-bond donors (Lipinski definition) is 2. The van der Waals surface area contributed by atoms with Gasteiger partial charge in [-0.3, -0.25) is 4.90 Å². The lowest BCUT2D eigenvalue weighted by molar-refractivity contribution is -0.765. The van der Waals surface area contributed by atoms with E-state index in [1.54, 1.807) is 16.0 Å². The first-order valence-corrected chi connectivity index (χ1v) is 12.0. The third-order valence-corrected chi connectivity index (χ3v) is 7.71. The number of fused-ring (bicyclic) bond motifs is 1. The number of aliphatic hydroxyl groups is 1. The zero-order valence-corrected chi connectivity index (χ0v) is 19.8. The van der Waals surface area contributed by atoms with E-state index in [1.807, 2.05) is 13.0 Å². The van der Waals surface area contributed by atoms with Gasteiger partial charge >= 0.3 is 6.33 Å². The van der Waals surface area contributed by atoms with Gasteiger partial charge in [0.2, 0.25) is 6.33 Å². The van der Waals surface area contributed by atoms with Crippen LogP contribution in [0, 0.1) is 18.6 Å². The maximum Gasteiger partial charge on any atom is 0.306 e. The van der Waals surface area contributed by atoms with E-state index in [4.69, 9.17) is 4.98 Å². The van der Waals surface area contributed by atoms with Gasteiger partial charge in [-0.1, -0.05) is 29.8 Å². The van der Waals surface area contributed by atoms with Crippen LogP contribution < -0.4 is 4.68 Å². The molecule has 2 aromatic carbocycles. The van der Waals surface area contributed by atoms with Crippen molar-refractivity contribution in [1.29, 1.82) is 0 Å². The lowest BCUT2D eigenvalue weighted by atomic mass is 9.85. The molecule has 2 atom stereocenters.